The quantitative estimate of drug-likeness (QED) is 0.681. The lowest BCUT2D eigenvalue weighted by Gasteiger charge is -2.04. The molecule has 0 aliphatic carbocycles. The molecule has 0 atom stereocenters. The maximum absolute atomic E-state index is 12.8. The van der Waals surface area contributed by atoms with Gasteiger partial charge in [-0.15, -0.1) is 0 Å². The van der Waals surface area contributed by atoms with Crippen LogP contribution >= 0.6 is 0 Å². The highest BCUT2D eigenvalue weighted by Crippen LogP contribution is 2.16. The Morgan fingerprint density at radius 3 is 2.43 bits per heavy atom. The van der Waals surface area contributed by atoms with Gasteiger partial charge in [0.05, 0.1) is 0 Å². The molecule has 0 aromatic heterocycles. The molecule has 3 heteroatoms. The lowest BCUT2D eigenvalue weighted by atomic mass is 10.0. The summed E-state index contributed by atoms with van der Waals surface area (Å²) in [5, 5.41) is 0. The Morgan fingerprint density at radius 2 is 1.86 bits per heavy atom. The molecule has 0 heterocycles. The molecule has 0 saturated heterocycles. The molecule has 0 radical (unpaired) electrons. The Kier molecular flexibility index (Phi) is 3.33. The number of Topliss-reactive ketones (excluding diaryl/α,β-unsaturated/α-hetero) is 1. The van der Waals surface area contributed by atoms with Crippen molar-refractivity contribution < 1.29 is 13.6 Å². The van der Waals surface area contributed by atoms with E-state index < -0.39 is 11.6 Å². The molecule has 0 aliphatic heterocycles. The lowest BCUT2D eigenvalue weighted by molar-refractivity contribution is 0.0980. The summed E-state index contributed by atoms with van der Waals surface area (Å²) in [4.78, 5) is 11.4. The monoisotopic (exact) mass is 198 g/mol. The fourth-order valence-electron chi connectivity index (χ4n) is 1.31. The van der Waals surface area contributed by atoms with Gasteiger partial charge >= 0.3 is 0 Å². The minimum atomic E-state index is -0.963. The molecule has 0 unspecified atom stereocenters. The van der Waals surface area contributed by atoms with Gasteiger partial charge in [-0.05, 0) is 31.0 Å². The molecular formula is C11H12F2O. The van der Waals surface area contributed by atoms with Crippen molar-refractivity contribution in [3.05, 3.63) is 34.9 Å². The summed E-state index contributed by atoms with van der Waals surface area (Å²) in [6.45, 7) is 3.47. The second-order valence-corrected chi connectivity index (χ2v) is 3.25. The van der Waals surface area contributed by atoms with Gasteiger partial charge in [0.1, 0.15) is 0 Å². The van der Waals surface area contributed by atoms with Gasteiger partial charge in [0.25, 0.3) is 0 Å². The average molecular weight is 198 g/mol. The van der Waals surface area contributed by atoms with Crippen LogP contribution < -0.4 is 0 Å². The predicted molar refractivity (Wildman–Crippen MR) is 50.3 cm³/mol. The topological polar surface area (TPSA) is 17.1 Å². The van der Waals surface area contributed by atoms with Gasteiger partial charge in [0.15, 0.2) is 17.4 Å². The van der Waals surface area contributed by atoms with Gasteiger partial charge in [0, 0.05) is 12.0 Å². The number of halogens is 2. The van der Waals surface area contributed by atoms with E-state index in [0.29, 0.717) is 18.4 Å². The molecule has 0 N–H and O–H groups in total. The van der Waals surface area contributed by atoms with Gasteiger partial charge in [-0.2, -0.15) is 0 Å². The van der Waals surface area contributed by atoms with Gasteiger partial charge in [-0.3, -0.25) is 4.79 Å². The molecule has 1 nitrogen and oxygen atoms in total. The summed E-state index contributed by atoms with van der Waals surface area (Å²) in [5.74, 6) is -2.01. The molecule has 14 heavy (non-hydrogen) atoms. The highest BCUT2D eigenvalue weighted by Gasteiger charge is 2.12. The summed E-state index contributed by atoms with van der Waals surface area (Å²) in [7, 11) is 0. The minimum Gasteiger partial charge on any atom is -0.294 e. The minimum absolute atomic E-state index is 0.135. The van der Waals surface area contributed by atoms with E-state index in [9.17, 15) is 13.6 Å². The van der Waals surface area contributed by atoms with Gasteiger partial charge in [-0.1, -0.05) is 6.92 Å². The first-order valence-electron chi connectivity index (χ1n) is 4.55. The van der Waals surface area contributed by atoms with Crippen LogP contribution in [0.4, 0.5) is 8.78 Å². The Bertz CT molecular complexity index is 359. The summed E-state index contributed by atoms with van der Waals surface area (Å²) >= 11 is 0. The molecule has 0 fully saturated rings. The van der Waals surface area contributed by atoms with Crippen LogP contribution in [0, 0.1) is 18.6 Å². The second-order valence-electron chi connectivity index (χ2n) is 3.25. The maximum atomic E-state index is 12.8. The van der Waals surface area contributed by atoms with Crippen LogP contribution in [0.5, 0.6) is 0 Å². The van der Waals surface area contributed by atoms with Crippen LogP contribution in [0.3, 0.4) is 0 Å². The van der Waals surface area contributed by atoms with Gasteiger partial charge < -0.3 is 0 Å². The van der Waals surface area contributed by atoms with Crippen LogP contribution in [-0.2, 0) is 0 Å². The van der Waals surface area contributed by atoms with Crippen molar-refractivity contribution in [1.82, 2.24) is 0 Å². The van der Waals surface area contributed by atoms with Crippen LogP contribution in [0.25, 0.3) is 0 Å². The Hall–Kier alpha value is -1.25. The SMILES string of the molecule is CCCC(=O)c1cc(F)c(F)cc1C. The number of carbonyl (C=O) groups is 1. The van der Waals surface area contributed by atoms with E-state index >= 15 is 0 Å². The van der Waals surface area contributed by atoms with E-state index in [1.165, 1.54) is 0 Å². The lowest BCUT2D eigenvalue weighted by Crippen LogP contribution is -2.03. The molecule has 0 saturated carbocycles. The van der Waals surface area contributed by atoms with Crippen molar-refractivity contribution in [2.75, 3.05) is 0 Å². The van der Waals surface area contributed by atoms with E-state index in [4.69, 9.17) is 0 Å². The number of aryl methyl sites for hydroxylation is 1. The fraction of sp³-hybridized carbons (Fsp3) is 0.364. The highest BCUT2D eigenvalue weighted by molar-refractivity contribution is 5.97. The first-order valence-corrected chi connectivity index (χ1v) is 4.55. The Morgan fingerprint density at radius 1 is 1.29 bits per heavy atom. The third kappa shape index (κ3) is 2.16. The summed E-state index contributed by atoms with van der Waals surface area (Å²) in [5.41, 5.74) is 0.771. The van der Waals surface area contributed by atoms with Crippen molar-refractivity contribution in [1.29, 1.82) is 0 Å². The van der Waals surface area contributed by atoms with Crippen molar-refractivity contribution in [3.8, 4) is 0 Å². The number of hydrogen-bond donors (Lipinski definition) is 0. The second kappa shape index (κ2) is 4.31. The van der Waals surface area contributed by atoms with Crippen LogP contribution in [0.1, 0.15) is 35.7 Å². The molecule has 1 aromatic rings. The van der Waals surface area contributed by atoms with E-state index in [0.717, 1.165) is 12.1 Å². The summed E-state index contributed by atoms with van der Waals surface area (Å²) < 4.78 is 25.6. The standard InChI is InChI=1S/C11H12F2O/c1-3-4-11(14)8-6-10(13)9(12)5-7(8)2/h5-6H,3-4H2,1-2H3. The number of carbonyl (C=O) groups excluding carboxylic acids is 1. The predicted octanol–water partition coefficient (Wildman–Crippen LogP) is 3.26. The first-order chi connectivity index (χ1) is 6.56. The van der Waals surface area contributed by atoms with Crippen LogP contribution in [-0.4, -0.2) is 5.78 Å². The molecular weight excluding hydrogens is 186 g/mol. The molecule has 0 aliphatic rings. The number of hydrogen-bond acceptors (Lipinski definition) is 1. The highest BCUT2D eigenvalue weighted by atomic mass is 19.2. The van der Waals surface area contributed by atoms with Crippen molar-refractivity contribution in [2.24, 2.45) is 0 Å². The third-order valence-corrected chi connectivity index (χ3v) is 2.04. The van der Waals surface area contributed by atoms with Crippen molar-refractivity contribution in [2.45, 2.75) is 26.7 Å². The van der Waals surface area contributed by atoms with E-state index in [-0.39, 0.29) is 11.3 Å². The number of rotatable bonds is 3. The first kappa shape index (κ1) is 10.8. The molecule has 0 spiro atoms. The summed E-state index contributed by atoms with van der Waals surface area (Å²) in [6.07, 6.45) is 1.07. The van der Waals surface area contributed by atoms with E-state index in [1.54, 1.807) is 6.92 Å². The molecule has 1 aromatic carbocycles. The van der Waals surface area contributed by atoms with Gasteiger partial charge in [-0.25, -0.2) is 8.78 Å². The van der Waals surface area contributed by atoms with Crippen molar-refractivity contribution >= 4 is 5.78 Å². The average Bonchev–Trinajstić information content (AvgIpc) is 2.11. The van der Waals surface area contributed by atoms with E-state index in [1.807, 2.05) is 6.92 Å². The zero-order valence-electron chi connectivity index (χ0n) is 8.23. The maximum Gasteiger partial charge on any atom is 0.163 e. The van der Waals surface area contributed by atoms with E-state index in [2.05, 4.69) is 0 Å². The molecule has 76 valence electrons. The smallest absolute Gasteiger partial charge is 0.163 e. The molecule has 1 rings (SSSR count). The Labute approximate surface area is 81.7 Å². The van der Waals surface area contributed by atoms with Crippen LogP contribution in [0.15, 0.2) is 12.1 Å². The summed E-state index contributed by atoms with van der Waals surface area (Å²) in [6, 6.07) is 2.03. The third-order valence-electron chi connectivity index (χ3n) is 2.04. The fourth-order valence-corrected chi connectivity index (χ4v) is 1.31. The largest absolute Gasteiger partial charge is 0.294 e. The normalized spacial score (nSPS) is 10.3. The molecule has 0 amide bonds. The van der Waals surface area contributed by atoms with Crippen molar-refractivity contribution in [3.63, 3.8) is 0 Å². The number of benzene rings is 1. The Balaban J connectivity index is 3.09. The van der Waals surface area contributed by atoms with Gasteiger partial charge in [0.2, 0.25) is 0 Å². The zero-order valence-corrected chi connectivity index (χ0v) is 8.23. The zero-order chi connectivity index (χ0) is 10.7. The molecule has 0 bridgehead atoms. The van der Waals surface area contributed by atoms with Crippen LogP contribution in [0.2, 0.25) is 0 Å². The number of ketones is 1.